The summed E-state index contributed by atoms with van der Waals surface area (Å²) in [6, 6.07) is 9.29. The van der Waals surface area contributed by atoms with Gasteiger partial charge in [0.25, 0.3) is 0 Å². The Kier molecular flexibility index (Phi) is 6.32. The molecule has 0 aliphatic rings. The molecule has 1 rings (SSSR count). The van der Waals surface area contributed by atoms with Crippen molar-refractivity contribution in [3.8, 4) is 12.3 Å². The van der Waals surface area contributed by atoms with Crippen LogP contribution in [-0.2, 0) is 0 Å². The third kappa shape index (κ3) is 4.53. The number of nitrogens with one attached hydrogen (secondary N) is 1. The highest BCUT2D eigenvalue weighted by Gasteiger charge is 2.13. The van der Waals surface area contributed by atoms with E-state index in [1.807, 2.05) is 0 Å². The van der Waals surface area contributed by atoms with Crippen LogP contribution in [0.15, 0.2) is 28.7 Å². The van der Waals surface area contributed by atoms with Crippen LogP contribution in [-0.4, -0.2) is 6.04 Å². The smallest absolute Gasteiger partial charge is 0.0320 e. The predicted molar refractivity (Wildman–Crippen MR) is 77.8 cm³/mol. The molecule has 0 saturated heterocycles. The molecule has 0 bridgehead atoms. The van der Waals surface area contributed by atoms with E-state index in [0.29, 0.717) is 12.1 Å². The fourth-order valence-corrected chi connectivity index (χ4v) is 2.16. The van der Waals surface area contributed by atoms with Gasteiger partial charge in [0.2, 0.25) is 0 Å². The van der Waals surface area contributed by atoms with Gasteiger partial charge in [0.1, 0.15) is 0 Å². The molecule has 2 atom stereocenters. The van der Waals surface area contributed by atoms with Crippen molar-refractivity contribution < 1.29 is 0 Å². The predicted octanol–water partition coefficient (Wildman–Crippen LogP) is 4.29. The minimum Gasteiger partial charge on any atom is -0.306 e. The van der Waals surface area contributed by atoms with Gasteiger partial charge in [-0.15, -0.1) is 12.3 Å². The summed E-state index contributed by atoms with van der Waals surface area (Å²) in [6.07, 6.45) is 8.32. The van der Waals surface area contributed by atoms with Crippen molar-refractivity contribution in [3.05, 3.63) is 34.3 Å². The molecule has 0 amide bonds. The first-order chi connectivity index (χ1) is 8.21. The second-order valence-electron chi connectivity index (χ2n) is 4.19. The Hall–Kier alpha value is -0.780. The molecule has 92 valence electrons. The minimum absolute atomic E-state index is 0.390. The average molecular weight is 294 g/mol. The lowest BCUT2D eigenvalue weighted by Gasteiger charge is -2.23. The van der Waals surface area contributed by atoms with E-state index in [0.717, 1.165) is 23.7 Å². The van der Waals surface area contributed by atoms with Crippen molar-refractivity contribution in [2.45, 2.75) is 45.2 Å². The van der Waals surface area contributed by atoms with Crippen molar-refractivity contribution in [2.24, 2.45) is 0 Å². The van der Waals surface area contributed by atoms with E-state index in [9.17, 15) is 0 Å². The minimum atomic E-state index is 0.390. The highest BCUT2D eigenvalue weighted by molar-refractivity contribution is 9.10. The Morgan fingerprint density at radius 2 is 1.88 bits per heavy atom. The third-order valence-corrected chi connectivity index (χ3v) is 3.50. The molecular formula is C15H20BrN. The monoisotopic (exact) mass is 293 g/mol. The van der Waals surface area contributed by atoms with Crippen LogP contribution in [0.3, 0.4) is 0 Å². The highest BCUT2D eigenvalue weighted by Crippen LogP contribution is 2.20. The standard InChI is InChI=1S/C15H20BrN/c1-4-7-14(5-2)17-15(6-3)12-8-10-13(16)11-9-12/h1,8-11,14-15,17H,5-7H2,2-3H3. The topological polar surface area (TPSA) is 12.0 Å². The van der Waals surface area contributed by atoms with Crippen molar-refractivity contribution in [2.75, 3.05) is 0 Å². The highest BCUT2D eigenvalue weighted by atomic mass is 79.9. The van der Waals surface area contributed by atoms with Crippen LogP contribution >= 0.6 is 15.9 Å². The lowest BCUT2D eigenvalue weighted by molar-refractivity contribution is 0.420. The molecule has 0 aliphatic heterocycles. The van der Waals surface area contributed by atoms with Crippen LogP contribution in [0.4, 0.5) is 0 Å². The second kappa shape index (κ2) is 7.53. The summed E-state index contributed by atoms with van der Waals surface area (Å²) in [7, 11) is 0. The summed E-state index contributed by atoms with van der Waals surface area (Å²) in [4.78, 5) is 0. The number of terminal acetylenes is 1. The summed E-state index contributed by atoms with van der Waals surface area (Å²) in [5.41, 5.74) is 1.33. The van der Waals surface area contributed by atoms with Crippen LogP contribution in [0.5, 0.6) is 0 Å². The fraction of sp³-hybridized carbons (Fsp3) is 0.467. The van der Waals surface area contributed by atoms with Crippen LogP contribution < -0.4 is 5.32 Å². The summed E-state index contributed by atoms with van der Waals surface area (Å²) in [5.74, 6) is 2.74. The molecule has 1 N–H and O–H groups in total. The number of benzene rings is 1. The molecule has 1 nitrogen and oxygen atoms in total. The van der Waals surface area contributed by atoms with E-state index in [1.165, 1.54) is 5.56 Å². The lowest BCUT2D eigenvalue weighted by atomic mass is 10.0. The maximum atomic E-state index is 5.38. The van der Waals surface area contributed by atoms with Gasteiger partial charge in [-0.2, -0.15) is 0 Å². The zero-order chi connectivity index (χ0) is 12.7. The molecule has 0 heterocycles. The largest absolute Gasteiger partial charge is 0.306 e. The number of halogens is 1. The van der Waals surface area contributed by atoms with E-state index >= 15 is 0 Å². The van der Waals surface area contributed by atoms with Crippen LogP contribution in [0, 0.1) is 12.3 Å². The summed E-state index contributed by atoms with van der Waals surface area (Å²) < 4.78 is 1.12. The van der Waals surface area contributed by atoms with Crippen molar-refractivity contribution in [1.82, 2.24) is 5.32 Å². The molecule has 1 aromatic rings. The number of hydrogen-bond acceptors (Lipinski definition) is 1. The molecule has 0 saturated carbocycles. The molecule has 0 aromatic heterocycles. The molecular weight excluding hydrogens is 274 g/mol. The normalized spacial score (nSPS) is 14.0. The van der Waals surface area contributed by atoms with Crippen molar-refractivity contribution in [3.63, 3.8) is 0 Å². The lowest BCUT2D eigenvalue weighted by Crippen LogP contribution is -2.31. The quantitative estimate of drug-likeness (QED) is 0.772. The molecule has 0 spiro atoms. The van der Waals surface area contributed by atoms with Gasteiger partial charge in [-0.05, 0) is 30.5 Å². The molecule has 0 fully saturated rings. The van der Waals surface area contributed by atoms with Crippen molar-refractivity contribution >= 4 is 15.9 Å². The van der Waals surface area contributed by atoms with Gasteiger partial charge in [0.15, 0.2) is 0 Å². The van der Waals surface area contributed by atoms with E-state index < -0.39 is 0 Å². The average Bonchev–Trinajstić information content (AvgIpc) is 2.36. The van der Waals surface area contributed by atoms with Crippen LogP contribution in [0.1, 0.15) is 44.7 Å². The maximum Gasteiger partial charge on any atom is 0.0320 e. The number of rotatable bonds is 6. The Bertz CT molecular complexity index is 364. The van der Waals surface area contributed by atoms with Crippen molar-refractivity contribution in [1.29, 1.82) is 0 Å². The first-order valence-corrected chi connectivity index (χ1v) is 6.95. The summed E-state index contributed by atoms with van der Waals surface area (Å²) in [6.45, 7) is 4.37. The zero-order valence-electron chi connectivity index (χ0n) is 10.5. The van der Waals surface area contributed by atoms with Crippen LogP contribution in [0.25, 0.3) is 0 Å². The van der Waals surface area contributed by atoms with E-state index in [-0.39, 0.29) is 0 Å². The SMILES string of the molecule is C#CCC(CC)NC(CC)c1ccc(Br)cc1. The van der Waals surface area contributed by atoms with Gasteiger partial charge in [0.05, 0.1) is 0 Å². The Balaban J connectivity index is 2.71. The molecule has 0 radical (unpaired) electrons. The Labute approximate surface area is 113 Å². The summed E-state index contributed by atoms with van der Waals surface area (Å²) in [5, 5.41) is 3.63. The molecule has 17 heavy (non-hydrogen) atoms. The van der Waals surface area contributed by atoms with E-state index in [4.69, 9.17) is 6.42 Å². The zero-order valence-corrected chi connectivity index (χ0v) is 12.1. The number of hydrogen-bond donors (Lipinski definition) is 1. The molecule has 1 aromatic carbocycles. The van der Waals surface area contributed by atoms with Gasteiger partial charge in [-0.3, -0.25) is 0 Å². The third-order valence-electron chi connectivity index (χ3n) is 2.97. The summed E-state index contributed by atoms with van der Waals surface area (Å²) >= 11 is 3.46. The molecule has 2 unspecified atom stereocenters. The maximum absolute atomic E-state index is 5.38. The first kappa shape index (κ1) is 14.3. The second-order valence-corrected chi connectivity index (χ2v) is 5.11. The van der Waals surface area contributed by atoms with E-state index in [2.05, 4.69) is 65.3 Å². The van der Waals surface area contributed by atoms with Crippen LogP contribution in [0.2, 0.25) is 0 Å². The van der Waals surface area contributed by atoms with Gasteiger partial charge in [0, 0.05) is 23.0 Å². The fourth-order valence-electron chi connectivity index (χ4n) is 1.89. The molecule has 0 aliphatic carbocycles. The van der Waals surface area contributed by atoms with Gasteiger partial charge in [-0.1, -0.05) is 41.9 Å². The van der Waals surface area contributed by atoms with Gasteiger partial charge >= 0.3 is 0 Å². The first-order valence-electron chi connectivity index (χ1n) is 6.16. The Morgan fingerprint density at radius 3 is 2.35 bits per heavy atom. The molecule has 2 heteroatoms. The van der Waals surface area contributed by atoms with Gasteiger partial charge < -0.3 is 5.32 Å². The van der Waals surface area contributed by atoms with Gasteiger partial charge in [-0.25, -0.2) is 0 Å². The Morgan fingerprint density at radius 1 is 1.24 bits per heavy atom. The van der Waals surface area contributed by atoms with E-state index in [1.54, 1.807) is 0 Å².